The fourth-order valence-corrected chi connectivity index (χ4v) is 1.57. The molecule has 0 aliphatic heterocycles. The molecule has 0 saturated heterocycles. The molecule has 0 aliphatic carbocycles. The molecule has 2 rings (SSSR count). The Bertz CT molecular complexity index is 494. The van der Waals surface area contributed by atoms with Gasteiger partial charge in [0.25, 0.3) is 0 Å². The summed E-state index contributed by atoms with van der Waals surface area (Å²) in [6.45, 7) is 2.50. The van der Waals surface area contributed by atoms with Gasteiger partial charge in [-0.15, -0.1) is 0 Å². The Balaban J connectivity index is 2.02. The zero-order valence-corrected chi connectivity index (χ0v) is 9.58. The highest BCUT2D eigenvalue weighted by molar-refractivity contribution is 6.32. The smallest absolute Gasteiger partial charge is 0.134 e. The molecule has 3 nitrogen and oxygen atoms in total. The molecule has 2 N–H and O–H groups in total. The van der Waals surface area contributed by atoms with Crippen LogP contribution in [0.3, 0.4) is 0 Å². The molecule has 0 aliphatic rings. The predicted octanol–water partition coefficient (Wildman–Crippen LogP) is 3.56. The van der Waals surface area contributed by atoms with Gasteiger partial charge in [-0.1, -0.05) is 11.6 Å². The van der Waals surface area contributed by atoms with Gasteiger partial charge < -0.3 is 14.8 Å². The quantitative estimate of drug-likeness (QED) is 0.803. The molecule has 4 heteroatoms. The van der Waals surface area contributed by atoms with Crippen molar-refractivity contribution in [2.45, 2.75) is 13.5 Å². The second-order valence-electron chi connectivity index (χ2n) is 3.53. The summed E-state index contributed by atoms with van der Waals surface area (Å²) in [4.78, 5) is 0. The van der Waals surface area contributed by atoms with Gasteiger partial charge in [-0.05, 0) is 37.3 Å². The SMILES string of the molecule is Cc1ccc(CNc2ccc(O)c(Cl)c2)o1. The van der Waals surface area contributed by atoms with Crippen LogP contribution in [0.1, 0.15) is 11.5 Å². The number of phenolic OH excluding ortho intramolecular Hbond substituents is 1. The molecule has 2 aromatic rings. The number of benzene rings is 1. The van der Waals surface area contributed by atoms with Crippen molar-refractivity contribution in [2.24, 2.45) is 0 Å². The molecule has 1 aromatic carbocycles. The van der Waals surface area contributed by atoms with Crippen molar-refractivity contribution in [2.75, 3.05) is 5.32 Å². The van der Waals surface area contributed by atoms with Gasteiger partial charge in [-0.2, -0.15) is 0 Å². The molecule has 0 atom stereocenters. The topological polar surface area (TPSA) is 45.4 Å². The third kappa shape index (κ3) is 2.49. The zero-order chi connectivity index (χ0) is 11.5. The number of aryl methyl sites for hydroxylation is 1. The van der Waals surface area contributed by atoms with E-state index in [1.807, 2.05) is 19.1 Å². The van der Waals surface area contributed by atoms with Gasteiger partial charge in [0.15, 0.2) is 0 Å². The molecule has 16 heavy (non-hydrogen) atoms. The highest BCUT2D eigenvalue weighted by Crippen LogP contribution is 2.26. The summed E-state index contributed by atoms with van der Waals surface area (Å²) in [5.41, 5.74) is 0.844. The molecule has 1 aromatic heterocycles. The van der Waals surface area contributed by atoms with E-state index in [9.17, 15) is 5.11 Å². The van der Waals surface area contributed by atoms with Crippen LogP contribution in [0.4, 0.5) is 5.69 Å². The molecule has 0 spiro atoms. The molecule has 0 bridgehead atoms. The van der Waals surface area contributed by atoms with Crippen LogP contribution in [-0.4, -0.2) is 5.11 Å². The van der Waals surface area contributed by atoms with E-state index in [2.05, 4.69) is 5.32 Å². The van der Waals surface area contributed by atoms with E-state index < -0.39 is 0 Å². The minimum atomic E-state index is 0.0843. The second-order valence-corrected chi connectivity index (χ2v) is 3.94. The first-order valence-corrected chi connectivity index (χ1v) is 5.30. The lowest BCUT2D eigenvalue weighted by Crippen LogP contribution is -1.97. The first kappa shape index (κ1) is 10.9. The summed E-state index contributed by atoms with van der Waals surface area (Å²) in [5, 5.41) is 12.7. The minimum absolute atomic E-state index is 0.0843. The van der Waals surface area contributed by atoms with Crippen molar-refractivity contribution in [1.82, 2.24) is 0 Å². The number of rotatable bonds is 3. The average Bonchev–Trinajstić information content (AvgIpc) is 2.66. The van der Waals surface area contributed by atoms with E-state index in [0.717, 1.165) is 17.2 Å². The van der Waals surface area contributed by atoms with Gasteiger partial charge in [-0.25, -0.2) is 0 Å². The Morgan fingerprint density at radius 1 is 1.31 bits per heavy atom. The number of furan rings is 1. The lowest BCUT2D eigenvalue weighted by Gasteiger charge is -2.05. The molecular formula is C12H12ClNO2. The van der Waals surface area contributed by atoms with Gasteiger partial charge in [0.2, 0.25) is 0 Å². The van der Waals surface area contributed by atoms with E-state index in [4.69, 9.17) is 16.0 Å². The maximum absolute atomic E-state index is 9.25. The van der Waals surface area contributed by atoms with E-state index in [-0.39, 0.29) is 5.75 Å². The second kappa shape index (κ2) is 4.49. The maximum atomic E-state index is 9.25. The Morgan fingerprint density at radius 2 is 2.12 bits per heavy atom. The van der Waals surface area contributed by atoms with Crippen LogP contribution in [0, 0.1) is 6.92 Å². The van der Waals surface area contributed by atoms with Crippen molar-refractivity contribution in [3.8, 4) is 5.75 Å². The van der Waals surface area contributed by atoms with Crippen molar-refractivity contribution in [1.29, 1.82) is 0 Å². The van der Waals surface area contributed by atoms with Gasteiger partial charge in [0.05, 0.1) is 11.6 Å². The van der Waals surface area contributed by atoms with Crippen LogP contribution in [0.2, 0.25) is 5.02 Å². The molecule has 84 valence electrons. The summed E-state index contributed by atoms with van der Waals surface area (Å²) in [5.74, 6) is 1.84. The summed E-state index contributed by atoms with van der Waals surface area (Å²) < 4.78 is 5.41. The summed E-state index contributed by atoms with van der Waals surface area (Å²) >= 11 is 5.79. The average molecular weight is 238 g/mol. The zero-order valence-electron chi connectivity index (χ0n) is 8.83. The van der Waals surface area contributed by atoms with Crippen molar-refractivity contribution < 1.29 is 9.52 Å². The monoisotopic (exact) mass is 237 g/mol. The Morgan fingerprint density at radius 3 is 2.75 bits per heavy atom. The summed E-state index contributed by atoms with van der Waals surface area (Å²) in [6, 6.07) is 8.83. The molecule has 0 radical (unpaired) electrons. The van der Waals surface area contributed by atoms with Crippen LogP contribution < -0.4 is 5.32 Å². The number of nitrogens with one attached hydrogen (secondary N) is 1. The number of anilines is 1. The third-order valence-corrected chi connectivity index (χ3v) is 2.51. The predicted molar refractivity (Wildman–Crippen MR) is 63.9 cm³/mol. The number of hydrogen-bond acceptors (Lipinski definition) is 3. The first-order chi connectivity index (χ1) is 7.65. The van der Waals surface area contributed by atoms with Crippen LogP contribution in [-0.2, 0) is 6.54 Å². The van der Waals surface area contributed by atoms with Crippen molar-refractivity contribution in [3.63, 3.8) is 0 Å². The van der Waals surface area contributed by atoms with Crippen LogP contribution in [0.5, 0.6) is 5.75 Å². The van der Waals surface area contributed by atoms with Gasteiger partial charge in [0.1, 0.15) is 17.3 Å². The first-order valence-electron chi connectivity index (χ1n) is 4.93. The Kier molecular flexibility index (Phi) is 3.06. The number of phenols is 1. The molecule has 0 unspecified atom stereocenters. The number of aromatic hydroxyl groups is 1. The van der Waals surface area contributed by atoms with Gasteiger partial charge in [-0.3, -0.25) is 0 Å². The van der Waals surface area contributed by atoms with Crippen molar-refractivity contribution >= 4 is 17.3 Å². The lowest BCUT2D eigenvalue weighted by atomic mass is 10.3. The van der Waals surface area contributed by atoms with E-state index >= 15 is 0 Å². The maximum Gasteiger partial charge on any atom is 0.134 e. The number of halogens is 1. The summed E-state index contributed by atoms with van der Waals surface area (Å²) in [6.07, 6.45) is 0. The molecule has 1 heterocycles. The lowest BCUT2D eigenvalue weighted by molar-refractivity contribution is 0.475. The fourth-order valence-electron chi connectivity index (χ4n) is 1.39. The summed E-state index contributed by atoms with van der Waals surface area (Å²) in [7, 11) is 0. The van der Waals surface area contributed by atoms with Crippen LogP contribution >= 0.6 is 11.6 Å². The van der Waals surface area contributed by atoms with E-state index in [1.54, 1.807) is 18.2 Å². The molecular weight excluding hydrogens is 226 g/mol. The Hall–Kier alpha value is -1.61. The highest BCUT2D eigenvalue weighted by Gasteiger charge is 2.01. The van der Waals surface area contributed by atoms with Crippen LogP contribution in [0.25, 0.3) is 0 Å². The van der Waals surface area contributed by atoms with E-state index in [0.29, 0.717) is 11.6 Å². The normalized spacial score (nSPS) is 10.4. The van der Waals surface area contributed by atoms with Gasteiger partial charge in [0, 0.05) is 5.69 Å². The number of hydrogen-bond donors (Lipinski definition) is 2. The fraction of sp³-hybridized carbons (Fsp3) is 0.167. The van der Waals surface area contributed by atoms with Gasteiger partial charge >= 0.3 is 0 Å². The Labute approximate surface area is 98.7 Å². The standard InChI is InChI=1S/C12H12ClNO2/c1-8-2-4-10(16-8)7-14-9-3-5-12(15)11(13)6-9/h2-6,14-15H,7H2,1H3. The molecule has 0 fully saturated rings. The van der Waals surface area contributed by atoms with Crippen LogP contribution in [0.15, 0.2) is 34.7 Å². The molecule has 0 saturated carbocycles. The van der Waals surface area contributed by atoms with E-state index in [1.165, 1.54) is 0 Å². The third-order valence-electron chi connectivity index (χ3n) is 2.21. The minimum Gasteiger partial charge on any atom is -0.506 e. The largest absolute Gasteiger partial charge is 0.506 e. The highest BCUT2D eigenvalue weighted by atomic mass is 35.5. The van der Waals surface area contributed by atoms with Crippen molar-refractivity contribution in [3.05, 3.63) is 46.9 Å². The molecule has 0 amide bonds.